The summed E-state index contributed by atoms with van der Waals surface area (Å²) < 4.78 is 10.6. The van der Waals surface area contributed by atoms with Gasteiger partial charge in [-0.3, -0.25) is 9.59 Å². The zero-order chi connectivity index (χ0) is 15.4. The van der Waals surface area contributed by atoms with Crippen LogP contribution in [-0.4, -0.2) is 55.1 Å². The normalized spacial score (nSPS) is 18.2. The van der Waals surface area contributed by atoms with Crippen molar-refractivity contribution < 1.29 is 19.1 Å². The Bertz CT molecular complexity index is 552. The molecule has 1 aliphatic rings. The van der Waals surface area contributed by atoms with Crippen LogP contribution in [0.3, 0.4) is 0 Å². The average Bonchev–Trinajstić information content (AvgIpc) is 2.53. The van der Waals surface area contributed by atoms with Gasteiger partial charge in [0.15, 0.2) is 0 Å². The molecule has 0 N–H and O–H groups in total. The van der Waals surface area contributed by atoms with Crippen molar-refractivity contribution >= 4 is 39.6 Å². The molecule has 1 aromatic rings. The van der Waals surface area contributed by atoms with Crippen molar-refractivity contribution in [1.82, 2.24) is 4.90 Å². The summed E-state index contributed by atoms with van der Waals surface area (Å²) in [6.45, 7) is 1.00. The highest BCUT2D eigenvalue weighted by Gasteiger charge is 2.30. The van der Waals surface area contributed by atoms with Crippen LogP contribution in [0.25, 0.3) is 0 Å². The highest BCUT2D eigenvalue weighted by Crippen LogP contribution is 2.27. The third-order valence-corrected chi connectivity index (χ3v) is 5.00. The molecule has 114 valence electrons. The third-order valence-electron chi connectivity index (χ3n) is 3.22. The number of halogens is 1. The van der Waals surface area contributed by atoms with E-state index in [1.165, 1.54) is 18.9 Å². The molecule has 7 heteroatoms. The molecule has 0 aromatic heterocycles. The van der Waals surface area contributed by atoms with E-state index in [1.54, 1.807) is 30.2 Å². The minimum atomic E-state index is -0.311. The molecular formula is C14H16BrNO4S. The van der Waals surface area contributed by atoms with Crippen molar-refractivity contribution in [2.24, 2.45) is 0 Å². The first-order chi connectivity index (χ1) is 10.1. The van der Waals surface area contributed by atoms with Crippen LogP contribution in [0, 0.1) is 0 Å². The molecule has 1 saturated heterocycles. The molecule has 0 radical (unpaired) electrons. The molecule has 0 aliphatic carbocycles. The summed E-state index contributed by atoms with van der Waals surface area (Å²) in [5.41, 5.74) is 0.568. The fraction of sp³-hybridized carbons (Fsp3) is 0.429. The van der Waals surface area contributed by atoms with Crippen LogP contribution in [0.15, 0.2) is 22.7 Å². The number of carbonyl (C=O) groups excluding carboxylic acids is 2. The molecule has 0 bridgehead atoms. The Morgan fingerprint density at radius 3 is 2.76 bits per heavy atom. The lowest BCUT2D eigenvalue weighted by molar-refractivity contribution is -0.140. The summed E-state index contributed by atoms with van der Waals surface area (Å²) in [6.07, 6.45) is 0. The molecule has 1 atom stereocenters. The highest BCUT2D eigenvalue weighted by molar-refractivity contribution is 9.10. The van der Waals surface area contributed by atoms with Crippen LogP contribution < -0.4 is 4.74 Å². The Morgan fingerprint density at radius 1 is 1.38 bits per heavy atom. The average molecular weight is 374 g/mol. The molecular weight excluding hydrogens is 358 g/mol. The molecule has 0 spiro atoms. The number of hydrogen-bond acceptors (Lipinski definition) is 5. The summed E-state index contributed by atoms with van der Waals surface area (Å²) in [7, 11) is 2.94. The van der Waals surface area contributed by atoms with Gasteiger partial charge >= 0.3 is 5.97 Å². The van der Waals surface area contributed by atoms with Crippen LogP contribution in [0.4, 0.5) is 0 Å². The van der Waals surface area contributed by atoms with E-state index in [9.17, 15) is 9.59 Å². The van der Waals surface area contributed by atoms with Gasteiger partial charge < -0.3 is 14.4 Å². The Morgan fingerprint density at radius 2 is 2.14 bits per heavy atom. The molecule has 1 fully saturated rings. The standard InChI is InChI=1S/C14H16BrNO4S/c1-19-11-4-3-9(7-10(11)15)13(17)16-5-6-21-12(8-16)14(18)20-2/h3-4,7,12H,5-6,8H2,1-2H3/t12-/m1/s1. The second kappa shape index (κ2) is 7.17. The van der Waals surface area contributed by atoms with Gasteiger partial charge in [-0.15, -0.1) is 11.8 Å². The quantitative estimate of drug-likeness (QED) is 0.760. The van der Waals surface area contributed by atoms with E-state index in [4.69, 9.17) is 9.47 Å². The number of esters is 1. The lowest BCUT2D eigenvalue weighted by Gasteiger charge is -2.31. The van der Waals surface area contributed by atoms with Gasteiger partial charge in [-0.05, 0) is 34.1 Å². The second-order valence-electron chi connectivity index (χ2n) is 4.48. The fourth-order valence-electron chi connectivity index (χ4n) is 2.09. The Balaban J connectivity index is 2.12. The predicted octanol–water partition coefficient (Wildman–Crippen LogP) is 2.19. The van der Waals surface area contributed by atoms with Gasteiger partial charge in [0.2, 0.25) is 0 Å². The van der Waals surface area contributed by atoms with Gasteiger partial charge in [0.1, 0.15) is 11.0 Å². The maximum atomic E-state index is 12.5. The van der Waals surface area contributed by atoms with Crippen molar-refractivity contribution in [1.29, 1.82) is 0 Å². The third kappa shape index (κ3) is 3.71. The van der Waals surface area contributed by atoms with Gasteiger partial charge in [-0.25, -0.2) is 0 Å². The maximum Gasteiger partial charge on any atom is 0.320 e. The molecule has 5 nitrogen and oxygen atoms in total. The fourth-order valence-corrected chi connectivity index (χ4v) is 3.76. The van der Waals surface area contributed by atoms with E-state index in [1.807, 2.05) is 0 Å². The zero-order valence-electron chi connectivity index (χ0n) is 11.8. The van der Waals surface area contributed by atoms with Crippen LogP contribution in [0.2, 0.25) is 0 Å². The Hall–Kier alpha value is -1.21. The molecule has 1 aliphatic heterocycles. The van der Waals surface area contributed by atoms with Gasteiger partial charge in [0.05, 0.1) is 18.7 Å². The molecule has 2 rings (SSSR count). The smallest absolute Gasteiger partial charge is 0.320 e. The van der Waals surface area contributed by atoms with Crippen LogP contribution in [0.5, 0.6) is 5.75 Å². The number of rotatable bonds is 3. The van der Waals surface area contributed by atoms with E-state index in [0.717, 1.165) is 10.2 Å². The summed E-state index contributed by atoms with van der Waals surface area (Å²) in [5.74, 6) is 1.03. The number of carbonyl (C=O) groups is 2. The summed E-state index contributed by atoms with van der Waals surface area (Å²) >= 11 is 4.90. The zero-order valence-corrected chi connectivity index (χ0v) is 14.2. The lowest BCUT2D eigenvalue weighted by atomic mass is 10.2. The monoisotopic (exact) mass is 373 g/mol. The van der Waals surface area contributed by atoms with Crippen molar-refractivity contribution in [3.8, 4) is 5.75 Å². The Kier molecular flexibility index (Phi) is 5.52. The number of amides is 1. The number of benzene rings is 1. The van der Waals surface area contributed by atoms with Crippen LogP contribution in [0.1, 0.15) is 10.4 Å². The SMILES string of the molecule is COC(=O)[C@H]1CN(C(=O)c2ccc(OC)c(Br)c2)CCS1. The summed E-state index contributed by atoms with van der Waals surface area (Å²) in [5, 5.41) is -0.311. The highest BCUT2D eigenvalue weighted by atomic mass is 79.9. The molecule has 1 amide bonds. The van der Waals surface area contributed by atoms with E-state index in [-0.39, 0.29) is 17.1 Å². The van der Waals surface area contributed by atoms with E-state index < -0.39 is 0 Å². The first kappa shape index (κ1) is 16.2. The molecule has 0 unspecified atom stereocenters. The van der Waals surface area contributed by atoms with Gasteiger partial charge in [0.25, 0.3) is 5.91 Å². The molecule has 0 saturated carbocycles. The number of ether oxygens (including phenoxy) is 2. The molecule has 1 aromatic carbocycles. The van der Waals surface area contributed by atoms with Crippen molar-refractivity contribution in [3.63, 3.8) is 0 Å². The predicted molar refractivity (Wildman–Crippen MR) is 84.9 cm³/mol. The summed E-state index contributed by atoms with van der Waals surface area (Å²) in [4.78, 5) is 25.8. The van der Waals surface area contributed by atoms with Crippen molar-refractivity contribution in [2.45, 2.75) is 5.25 Å². The minimum absolute atomic E-state index is 0.0902. The first-order valence-corrected chi connectivity index (χ1v) is 8.23. The van der Waals surface area contributed by atoms with E-state index in [0.29, 0.717) is 24.4 Å². The maximum absolute atomic E-state index is 12.5. The molecule has 1 heterocycles. The topological polar surface area (TPSA) is 55.8 Å². The van der Waals surface area contributed by atoms with Gasteiger partial charge in [-0.1, -0.05) is 0 Å². The Labute approximate surface area is 136 Å². The lowest BCUT2D eigenvalue weighted by Crippen LogP contribution is -2.44. The van der Waals surface area contributed by atoms with Gasteiger partial charge in [0, 0.05) is 24.4 Å². The van der Waals surface area contributed by atoms with Crippen LogP contribution >= 0.6 is 27.7 Å². The van der Waals surface area contributed by atoms with E-state index >= 15 is 0 Å². The molecule has 21 heavy (non-hydrogen) atoms. The number of nitrogens with zero attached hydrogens (tertiary/aromatic N) is 1. The number of methoxy groups -OCH3 is 2. The first-order valence-electron chi connectivity index (χ1n) is 6.39. The second-order valence-corrected chi connectivity index (χ2v) is 6.65. The van der Waals surface area contributed by atoms with Crippen molar-refractivity contribution in [3.05, 3.63) is 28.2 Å². The number of thioether (sulfide) groups is 1. The number of hydrogen-bond donors (Lipinski definition) is 0. The van der Waals surface area contributed by atoms with E-state index in [2.05, 4.69) is 15.9 Å². The summed E-state index contributed by atoms with van der Waals surface area (Å²) in [6, 6.07) is 5.20. The van der Waals surface area contributed by atoms with Gasteiger partial charge in [-0.2, -0.15) is 0 Å². The largest absolute Gasteiger partial charge is 0.496 e. The minimum Gasteiger partial charge on any atom is -0.496 e. The van der Waals surface area contributed by atoms with Crippen molar-refractivity contribution in [2.75, 3.05) is 33.1 Å². The van der Waals surface area contributed by atoms with Crippen LogP contribution in [-0.2, 0) is 9.53 Å².